The molecule has 0 aromatic carbocycles. The van der Waals surface area contributed by atoms with Crippen molar-refractivity contribution < 1.29 is 13.5 Å². The summed E-state index contributed by atoms with van der Waals surface area (Å²) in [7, 11) is -1.74. The van der Waals surface area contributed by atoms with E-state index in [1.807, 2.05) is 6.92 Å². The molecule has 0 spiro atoms. The van der Waals surface area contributed by atoms with E-state index >= 15 is 0 Å². The fraction of sp³-hybridized carbons (Fsp3) is 1.00. The van der Waals surface area contributed by atoms with Crippen LogP contribution in [0.25, 0.3) is 0 Å². The van der Waals surface area contributed by atoms with E-state index in [4.69, 9.17) is 5.11 Å². The van der Waals surface area contributed by atoms with Crippen LogP contribution in [0.2, 0.25) is 0 Å². The Balaban J connectivity index is 2.62. The van der Waals surface area contributed by atoms with Crippen molar-refractivity contribution >= 4 is 10.2 Å². The summed E-state index contributed by atoms with van der Waals surface area (Å²) in [5.41, 5.74) is 0. The standard InChI is InChI=1S/C9H20N2O3S/c1-3-11(9-5-6-9)15(13,14)10(2)7-4-8-12/h9,12H,3-8H2,1-2H3. The molecule has 0 unspecified atom stereocenters. The van der Waals surface area contributed by atoms with Gasteiger partial charge in [0.25, 0.3) is 10.2 Å². The molecular weight excluding hydrogens is 216 g/mol. The molecule has 1 fully saturated rings. The molecule has 0 atom stereocenters. The van der Waals surface area contributed by atoms with Crippen molar-refractivity contribution in [2.75, 3.05) is 26.7 Å². The van der Waals surface area contributed by atoms with Gasteiger partial charge in [-0.25, -0.2) is 0 Å². The highest BCUT2D eigenvalue weighted by molar-refractivity contribution is 7.86. The first kappa shape index (κ1) is 12.9. The zero-order chi connectivity index (χ0) is 11.5. The molecule has 0 aliphatic heterocycles. The topological polar surface area (TPSA) is 60.9 Å². The summed E-state index contributed by atoms with van der Waals surface area (Å²) >= 11 is 0. The molecule has 90 valence electrons. The van der Waals surface area contributed by atoms with Crippen molar-refractivity contribution in [3.8, 4) is 0 Å². The number of aliphatic hydroxyl groups is 1. The number of hydrogen-bond acceptors (Lipinski definition) is 3. The molecule has 0 saturated heterocycles. The van der Waals surface area contributed by atoms with E-state index < -0.39 is 10.2 Å². The molecule has 1 aliphatic rings. The summed E-state index contributed by atoms with van der Waals surface area (Å²) in [6.07, 6.45) is 2.43. The highest BCUT2D eigenvalue weighted by atomic mass is 32.2. The van der Waals surface area contributed by atoms with Crippen LogP contribution in [0.1, 0.15) is 26.2 Å². The second-order valence-electron chi connectivity index (χ2n) is 3.84. The molecule has 0 aromatic rings. The predicted molar refractivity (Wildman–Crippen MR) is 58.7 cm³/mol. The highest BCUT2D eigenvalue weighted by Gasteiger charge is 2.37. The number of rotatable bonds is 7. The van der Waals surface area contributed by atoms with Gasteiger partial charge in [-0.15, -0.1) is 0 Å². The Morgan fingerprint density at radius 3 is 2.40 bits per heavy atom. The van der Waals surface area contributed by atoms with Gasteiger partial charge in [0.05, 0.1) is 0 Å². The van der Waals surface area contributed by atoms with Crippen LogP contribution in [-0.4, -0.2) is 54.9 Å². The smallest absolute Gasteiger partial charge is 0.281 e. The summed E-state index contributed by atoms with van der Waals surface area (Å²) < 4.78 is 26.9. The first-order valence-corrected chi connectivity index (χ1v) is 6.77. The summed E-state index contributed by atoms with van der Waals surface area (Å²) in [5, 5.41) is 8.66. The van der Waals surface area contributed by atoms with Gasteiger partial charge < -0.3 is 5.11 Å². The number of aliphatic hydroxyl groups excluding tert-OH is 1. The van der Waals surface area contributed by atoms with E-state index in [2.05, 4.69) is 0 Å². The minimum atomic E-state index is -3.30. The molecule has 0 bridgehead atoms. The lowest BCUT2D eigenvalue weighted by Crippen LogP contribution is -2.43. The Bertz CT molecular complexity index is 288. The molecule has 15 heavy (non-hydrogen) atoms. The van der Waals surface area contributed by atoms with Gasteiger partial charge in [-0.1, -0.05) is 6.92 Å². The van der Waals surface area contributed by atoms with E-state index in [0.29, 0.717) is 19.5 Å². The minimum absolute atomic E-state index is 0.0232. The van der Waals surface area contributed by atoms with Crippen LogP contribution >= 0.6 is 0 Å². The summed E-state index contributed by atoms with van der Waals surface area (Å²) in [5.74, 6) is 0. The molecule has 0 heterocycles. The van der Waals surface area contributed by atoms with Gasteiger partial charge >= 0.3 is 0 Å². The maximum atomic E-state index is 12.0. The Hall–Kier alpha value is -0.170. The van der Waals surface area contributed by atoms with Crippen LogP contribution in [-0.2, 0) is 10.2 Å². The Morgan fingerprint density at radius 1 is 1.40 bits per heavy atom. The van der Waals surface area contributed by atoms with Gasteiger partial charge in [0.2, 0.25) is 0 Å². The SMILES string of the molecule is CCN(C1CC1)S(=O)(=O)N(C)CCCO. The summed E-state index contributed by atoms with van der Waals surface area (Å²) in [4.78, 5) is 0. The maximum Gasteiger partial charge on any atom is 0.281 e. The van der Waals surface area contributed by atoms with E-state index in [9.17, 15) is 8.42 Å². The Kier molecular flexibility index (Phi) is 4.51. The van der Waals surface area contributed by atoms with Gasteiger partial charge in [-0.3, -0.25) is 0 Å². The average molecular weight is 236 g/mol. The lowest BCUT2D eigenvalue weighted by Gasteiger charge is -2.26. The first-order valence-electron chi connectivity index (χ1n) is 5.38. The maximum absolute atomic E-state index is 12.0. The van der Waals surface area contributed by atoms with E-state index in [1.54, 1.807) is 11.4 Å². The third kappa shape index (κ3) is 3.14. The lowest BCUT2D eigenvalue weighted by atomic mass is 10.5. The molecule has 6 heteroatoms. The van der Waals surface area contributed by atoms with Crippen LogP contribution < -0.4 is 0 Å². The second-order valence-corrected chi connectivity index (χ2v) is 5.83. The van der Waals surface area contributed by atoms with Gasteiger partial charge in [-0.2, -0.15) is 17.0 Å². The monoisotopic (exact) mass is 236 g/mol. The van der Waals surface area contributed by atoms with Crippen LogP contribution in [0, 0.1) is 0 Å². The van der Waals surface area contributed by atoms with Crippen LogP contribution in [0.4, 0.5) is 0 Å². The molecule has 0 aromatic heterocycles. The zero-order valence-electron chi connectivity index (χ0n) is 9.39. The van der Waals surface area contributed by atoms with E-state index in [0.717, 1.165) is 12.8 Å². The Labute approximate surface area is 91.9 Å². The fourth-order valence-electron chi connectivity index (χ4n) is 1.56. The largest absolute Gasteiger partial charge is 0.396 e. The van der Waals surface area contributed by atoms with Crippen molar-refractivity contribution in [2.45, 2.75) is 32.2 Å². The van der Waals surface area contributed by atoms with Crippen LogP contribution in [0.3, 0.4) is 0 Å². The van der Waals surface area contributed by atoms with Crippen molar-refractivity contribution in [3.05, 3.63) is 0 Å². The third-order valence-electron chi connectivity index (χ3n) is 2.59. The van der Waals surface area contributed by atoms with Crippen molar-refractivity contribution in [2.24, 2.45) is 0 Å². The van der Waals surface area contributed by atoms with Crippen molar-refractivity contribution in [1.29, 1.82) is 0 Å². The molecule has 5 nitrogen and oxygen atoms in total. The molecule has 1 N–H and O–H groups in total. The Morgan fingerprint density at radius 2 is 2.00 bits per heavy atom. The normalized spacial score (nSPS) is 17.7. The summed E-state index contributed by atoms with van der Waals surface area (Å²) in [6.45, 7) is 2.78. The third-order valence-corrected chi connectivity index (χ3v) is 4.71. The van der Waals surface area contributed by atoms with Crippen LogP contribution in [0.15, 0.2) is 0 Å². The molecule has 0 amide bonds. The number of hydrogen-bond donors (Lipinski definition) is 1. The van der Waals surface area contributed by atoms with Gasteiger partial charge in [0, 0.05) is 32.8 Å². The van der Waals surface area contributed by atoms with Crippen LogP contribution in [0.5, 0.6) is 0 Å². The predicted octanol–water partition coefficient (Wildman–Crippen LogP) is 0.0297. The second kappa shape index (κ2) is 5.25. The van der Waals surface area contributed by atoms with Crippen molar-refractivity contribution in [1.82, 2.24) is 8.61 Å². The first-order chi connectivity index (χ1) is 7.04. The van der Waals surface area contributed by atoms with E-state index in [1.165, 1.54) is 4.31 Å². The average Bonchev–Trinajstić information content (AvgIpc) is 2.98. The quantitative estimate of drug-likeness (QED) is 0.678. The van der Waals surface area contributed by atoms with Crippen molar-refractivity contribution in [3.63, 3.8) is 0 Å². The lowest BCUT2D eigenvalue weighted by molar-refractivity contribution is 0.271. The molecular formula is C9H20N2O3S. The molecule has 1 rings (SSSR count). The molecule has 1 aliphatic carbocycles. The minimum Gasteiger partial charge on any atom is -0.396 e. The molecule has 1 saturated carbocycles. The van der Waals surface area contributed by atoms with Gasteiger partial charge in [-0.05, 0) is 19.3 Å². The van der Waals surface area contributed by atoms with E-state index in [-0.39, 0.29) is 12.6 Å². The highest BCUT2D eigenvalue weighted by Crippen LogP contribution is 2.29. The van der Waals surface area contributed by atoms with Gasteiger partial charge in [0.15, 0.2) is 0 Å². The zero-order valence-corrected chi connectivity index (χ0v) is 10.2. The summed E-state index contributed by atoms with van der Waals surface area (Å²) in [6, 6.07) is 0.205. The molecule has 0 radical (unpaired) electrons. The number of nitrogens with zero attached hydrogens (tertiary/aromatic N) is 2. The van der Waals surface area contributed by atoms with Gasteiger partial charge in [0.1, 0.15) is 0 Å². The fourth-order valence-corrected chi connectivity index (χ4v) is 3.19.